The Morgan fingerprint density at radius 1 is 1.20 bits per heavy atom. The van der Waals surface area contributed by atoms with Crippen LogP contribution in [-0.4, -0.2) is 13.0 Å². The summed E-state index contributed by atoms with van der Waals surface area (Å²) in [6.45, 7) is 1.87. The first-order valence-corrected chi connectivity index (χ1v) is 6.30. The van der Waals surface area contributed by atoms with Crippen LogP contribution in [0.2, 0.25) is 0 Å². The first-order chi connectivity index (χ1) is 9.60. The third-order valence-corrected chi connectivity index (χ3v) is 3.03. The van der Waals surface area contributed by atoms with Crippen molar-refractivity contribution >= 4 is 5.91 Å². The van der Waals surface area contributed by atoms with E-state index in [1.54, 1.807) is 13.2 Å². The van der Waals surface area contributed by atoms with Crippen LogP contribution in [-0.2, 0) is 0 Å². The summed E-state index contributed by atoms with van der Waals surface area (Å²) in [7, 11) is 1.59. The second-order valence-electron chi connectivity index (χ2n) is 4.48. The Bertz CT molecular complexity index is 613. The van der Waals surface area contributed by atoms with Gasteiger partial charge in [-0.15, -0.1) is 0 Å². The molecule has 0 saturated heterocycles. The third-order valence-electron chi connectivity index (χ3n) is 3.03. The van der Waals surface area contributed by atoms with E-state index < -0.39 is 5.82 Å². The largest absolute Gasteiger partial charge is 0.497 e. The molecule has 4 heteroatoms. The predicted octanol–water partition coefficient (Wildman–Crippen LogP) is 3.33. The highest BCUT2D eigenvalue weighted by molar-refractivity contribution is 5.94. The van der Waals surface area contributed by atoms with Crippen molar-refractivity contribution in [1.29, 1.82) is 0 Å². The van der Waals surface area contributed by atoms with Gasteiger partial charge < -0.3 is 10.1 Å². The Balaban J connectivity index is 2.10. The van der Waals surface area contributed by atoms with Crippen LogP contribution in [0.25, 0.3) is 0 Å². The summed E-state index contributed by atoms with van der Waals surface area (Å²) in [4.78, 5) is 12.0. The van der Waals surface area contributed by atoms with E-state index in [1.165, 1.54) is 18.2 Å². The topological polar surface area (TPSA) is 38.3 Å². The number of hydrogen-bond donors (Lipinski definition) is 1. The maximum Gasteiger partial charge on any atom is 0.251 e. The van der Waals surface area contributed by atoms with Crippen molar-refractivity contribution in [2.45, 2.75) is 13.0 Å². The fraction of sp³-hybridized carbons (Fsp3) is 0.188. The molecule has 0 aliphatic carbocycles. The molecule has 0 heterocycles. The first-order valence-electron chi connectivity index (χ1n) is 6.30. The Morgan fingerprint density at radius 2 is 1.95 bits per heavy atom. The third kappa shape index (κ3) is 3.35. The lowest BCUT2D eigenvalue weighted by Crippen LogP contribution is -2.26. The fourth-order valence-corrected chi connectivity index (χ4v) is 1.90. The molecule has 0 aliphatic rings. The van der Waals surface area contributed by atoms with Gasteiger partial charge in [0.2, 0.25) is 0 Å². The molecule has 104 valence electrons. The monoisotopic (exact) mass is 273 g/mol. The molecule has 3 nitrogen and oxygen atoms in total. The molecule has 0 aliphatic heterocycles. The van der Waals surface area contributed by atoms with Crippen LogP contribution in [0.3, 0.4) is 0 Å². The highest BCUT2D eigenvalue weighted by atomic mass is 19.1. The van der Waals surface area contributed by atoms with E-state index in [-0.39, 0.29) is 11.9 Å². The van der Waals surface area contributed by atoms with Gasteiger partial charge in [-0.3, -0.25) is 4.79 Å². The molecule has 1 unspecified atom stereocenters. The van der Waals surface area contributed by atoms with E-state index in [2.05, 4.69) is 5.32 Å². The smallest absolute Gasteiger partial charge is 0.251 e. The van der Waals surface area contributed by atoms with Gasteiger partial charge in [-0.2, -0.15) is 0 Å². The summed E-state index contributed by atoms with van der Waals surface area (Å²) in [5, 5.41) is 2.83. The normalized spacial score (nSPS) is 11.8. The quantitative estimate of drug-likeness (QED) is 0.928. The van der Waals surface area contributed by atoms with Crippen LogP contribution in [0.15, 0.2) is 48.5 Å². The van der Waals surface area contributed by atoms with Crippen molar-refractivity contribution in [1.82, 2.24) is 5.32 Å². The fourth-order valence-electron chi connectivity index (χ4n) is 1.90. The van der Waals surface area contributed by atoms with Crippen LogP contribution < -0.4 is 10.1 Å². The highest BCUT2D eigenvalue weighted by Gasteiger charge is 2.12. The van der Waals surface area contributed by atoms with Gasteiger partial charge in [-0.05, 0) is 42.8 Å². The molecule has 0 saturated carbocycles. The summed E-state index contributed by atoms with van der Waals surface area (Å²) < 4.78 is 18.2. The molecule has 0 spiro atoms. The number of benzene rings is 2. The number of ether oxygens (including phenoxy) is 1. The van der Waals surface area contributed by atoms with Crippen LogP contribution in [0.4, 0.5) is 4.39 Å². The van der Waals surface area contributed by atoms with Crippen molar-refractivity contribution in [3.8, 4) is 5.75 Å². The summed E-state index contributed by atoms with van der Waals surface area (Å²) >= 11 is 0. The van der Waals surface area contributed by atoms with Crippen LogP contribution >= 0.6 is 0 Å². The lowest BCUT2D eigenvalue weighted by atomic mass is 10.1. The summed E-state index contributed by atoms with van der Waals surface area (Å²) in [5.74, 6) is 0.000794. The summed E-state index contributed by atoms with van der Waals surface area (Å²) in [6, 6.07) is 12.9. The maximum absolute atomic E-state index is 13.1. The van der Waals surface area contributed by atoms with E-state index in [9.17, 15) is 9.18 Å². The lowest BCUT2D eigenvalue weighted by Gasteiger charge is -2.15. The van der Waals surface area contributed by atoms with Crippen molar-refractivity contribution in [2.75, 3.05) is 7.11 Å². The van der Waals surface area contributed by atoms with Gasteiger partial charge in [0, 0.05) is 5.56 Å². The van der Waals surface area contributed by atoms with Gasteiger partial charge in [0.1, 0.15) is 11.6 Å². The van der Waals surface area contributed by atoms with Crippen molar-refractivity contribution in [2.24, 2.45) is 0 Å². The zero-order chi connectivity index (χ0) is 14.5. The molecule has 1 N–H and O–H groups in total. The van der Waals surface area contributed by atoms with Gasteiger partial charge in [-0.25, -0.2) is 4.39 Å². The Morgan fingerprint density at radius 3 is 2.65 bits per heavy atom. The average molecular weight is 273 g/mol. The number of carbonyl (C=O) groups is 1. The molecule has 20 heavy (non-hydrogen) atoms. The van der Waals surface area contributed by atoms with Gasteiger partial charge in [0.05, 0.1) is 13.2 Å². The Kier molecular flexibility index (Phi) is 4.35. The van der Waals surface area contributed by atoms with Crippen molar-refractivity contribution in [3.05, 3.63) is 65.5 Å². The second kappa shape index (κ2) is 6.19. The van der Waals surface area contributed by atoms with Gasteiger partial charge >= 0.3 is 0 Å². The van der Waals surface area contributed by atoms with E-state index in [0.717, 1.165) is 11.3 Å². The van der Waals surface area contributed by atoms with Gasteiger partial charge in [0.25, 0.3) is 5.91 Å². The number of halogens is 1. The Labute approximate surface area is 117 Å². The molecule has 0 fully saturated rings. The second-order valence-corrected chi connectivity index (χ2v) is 4.48. The summed E-state index contributed by atoms with van der Waals surface area (Å²) in [6.07, 6.45) is 0. The SMILES string of the molecule is COc1cccc(C(C)NC(=O)c2cccc(F)c2)c1. The number of amides is 1. The molecule has 1 amide bonds. The molecule has 2 aromatic carbocycles. The number of hydrogen-bond acceptors (Lipinski definition) is 2. The standard InChI is InChI=1S/C16H16FNO2/c1-11(12-5-4-8-15(10-12)20-2)18-16(19)13-6-3-7-14(17)9-13/h3-11H,1-2H3,(H,18,19). The molecular weight excluding hydrogens is 257 g/mol. The van der Waals surface area contributed by atoms with Crippen LogP contribution in [0.5, 0.6) is 5.75 Å². The minimum Gasteiger partial charge on any atom is -0.497 e. The molecule has 0 bridgehead atoms. The molecule has 0 radical (unpaired) electrons. The number of rotatable bonds is 4. The Hall–Kier alpha value is -2.36. The molecule has 2 aromatic rings. The first kappa shape index (κ1) is 14.1. The minimum atomic E-state index is -0.424. The summed E-state index contributed by atoms with van der Waals surface area (Å²) in [5.41, 5.74) is 1.23. The van der Waals surface area contributed by atoms with E-state index in [1.807, 2.05) is 31.2 Å². The van der Waals surface area contributed by atoms with E-state index in [4.69, 9.17) is 4.74 Å². The van der Waals surface area contributed by atoms with E-state index >= 15 is 0 Å². The van der Waals surface area contributed by atoms with Crippen molar-refractivity contribution in [3.63, 3.8) is 0 Å². The zero-order valence-electron chi connectivity index (χ0n) is 11.4. The van der Waals surface area contributed by atoms with Crippen LogP contribution in [0, 0.1) is 5.82 Å². The molecule has 1 atom stereocenters. The van der Waals surface area contributed by atoms with E-state index in [0.29, 0.717) is 5.56 Å². The average Bonchev–Trinajstić information content (AvgIpc) is 2.47. The van der Waals surface area contributed by atoms with Crippen LogP contribution in [0.1, 0.15) is 28.9 Å². The molecule has 0 aromatic heterocycles. The minimum absolute atomic E-state index is 0.194. The number of carbonyl (C=O) groups excluding carboxylic acids is 1. The van der Waals surface area contributed by atoms with Gasteiger partial charge in [0.15, 0.2) is 0 Å². The number of nitrogens with one attached hydrogen (secondary N) is 1. The molecule has 2 rings (SSSR count). The van der Waals surface area contributed by atoms with Gasteiger partial charge in [-0.1, -0.05) is 18.2 Å². The lowest BCUT2D eigenvalue weighted by molar-refractivity contribution is 0.0939. The van der Waals surface area contributed by atoms with Crippen molar-refractivity contribution < 1.29 is 13.9 Å². The predicted molar refractivity (Wildman–Crippen MR) is 75.3 cm³/mol. The maximum atomic E-state index is 13.1. The number of methoxy groups -OCH3 is 1. The molecular formula is C16H16FNO2. The zero-order valence-corrected chi connectivity index (χ0v) is 11.4. The highest BCUT2D eigenvalue weighted by Crippen LogP contribution is 2.19.